The lowest BCUT2D eigenvalue weighted by molar-refractivity contribution is 0.0940. The zero-order valence-corrected chi connectivity index (χ0v) is 19.0. The highest BCUT2D eigenvalue weighted by Crippen LogP contribution is 2.25. The summed E-state index contributed by atoms with van der Waals surface area (Å²) >= 11 is 6.35. The van der Waals surface area contributed by atoms with E-state index in [1.54, 1.807) is 43.5 Å². The van der Waals surface area contributed by atoms with Crippen LogP contribution in [0.5, 0.6) is 0 Å². The van der Waals surface area contributed by atoms with Crippen LogP contribution in [0.3, 0.4) is 0 Å². The molecule has 2 aromatic heterocycles. The fraction of sp³-hybridized carbons (Fsp3) is 0.0769. The Balaban J connectivity index is 1.65. The van der Waals surface area contributed by atoms with Crippen molar-refractivity contribution in [2.24, 2.45) is 0 Å². The summed E-state index contributed by atoms with van der Waals surface area (Å²) in [6.07, 6.45) is 1.63. The van der Waals surface area contributed by atoms with Gasteiger partial charge in [-0.05, 0) is 36.6 Å². The molecule has 0 aliphatic heterocycles. The number of carbonyl (C=O) groups excluding carboxylic acids is 1. The van der Waals surface area contributed by atoms with E-state index in [2.05, 4.69) is 10.3 Å². The SMILES string of the molecule is CC(NC(=O)c1c(N)ncc2ccccc12)c1nc2cccc(Cl)c2c(=O)n1-c1ccccc1. The van der Waals surface area contributed by atoms with Crippen LogP contribution in [0.25, 0.3) is 27.4 Å². The predicted molar refractivity (Wildman–Crippen MR) is 134 cm³/mol. The van der Waals surface area contributed by atoms with E-state index in [4.69, 9.17) is 22.3 Å². The Labute approximate surface area is 199 Å². The number of nitrogen functional groups attached to an aromatic ring is 1. The summed E-state index contributed by atoms with van der Waals surface area (Å²) < 4.78 is 1.48. The highest BCUT2D eigenvalue weighted by molar-refractivity contribution is 6.35. The molecule has 0 aliphatic carbocycles. The van der Waals surface area contributed by atoms with Crippen molar-refractivity contribution in [3.8, 4) is 5.69 Å². The largest absolute Gasteiger partial charge is 0.383 e. The second kappa shape index (κ2) is 8.61. The second-order valence-electron chi connectivity index (χ2n) is 7.88. The number of hydrogen-bond acceptors (Lipinski definition) is 5. The van der Waals surface area contributed by atoms with E-state index in [-0.39, 0.29) is 16.9 Å². The van der Waals surface area contributed by atoms with Crippen LogP contribution in [0.1, 0.15) is 29.1 Å². The zero-order chi connectivity index (χ0) is 23.8. The molecule has 0 saturated heterocycles. The van der Waals surface area contributed by atoms with Gasteiger partial charge in [-0.1, -0.05) is 60.1 Å². The van der Waals surface area contributed by atoms with Gasteiger partial charge >= 0.3 is 0 Å². The van der Waals surface area contributed by atoms with Crippen molar-refractivity contribution in [2.75, 3.05) is 5.73 Å². The lowest BCUT2D eigenvalue weighted by Crippen LogP contribution is -2.33. The average Bonchev–Trinajstić information content (AvgIpc) is 2.84. The third-order valence-corrected chi connectivity index (χ3v) is 5.99. The molecule has 8 heteroatoms. The number of nitrogens with one attached hydrogen (secondary N) is 1. The van der Waals surface area contributed by atoms with Crippen LogP contribution >= 0.6 is 11.6 Å². The van der Waals surface area contributed by atoms with Gasteiger partial charge in [0.25, 0.3) is 11.5 Å². The van der Waals surface area contributed by atoms with E-state index in [0.29, 0.717) is 32.8 Å². The maximum atomic E-state index is 13.6. The fourth-order valence-corrected chi connectivity index (χ4v) is 4.33. The van der Waals surface area contributed by atoms with Crippen LogP contribution in [-0.2, 0) is 0 Å². The summed E-state index contributed by atoms with van der Waals surface area (Å²) in [6, 6.07) is 21.0. The molecule has 0 saturated carbocycles. The first-order valence-electron chi connectivity index (χ1n) is 10.7. The molecular weight excluding hydrogens is 450 g/mol. The average molecular weight is 470 g/mol. The minimum absolute atomic E-state index is 0.127. The highest BCUT2D eigenvalue weighted by Gasteiger charge is 2.23. The summed E-state index contributed by atoms with van der Waals surface area (Å²) in [5, 5.41) is 5.08. The first-order chi connectivity index (χ1) is 16.5. The molecule has 3 N–H and O–H groups in total. The van der Waals surface area contributed by atoms with E-state index in [0.717, 1.165) is 5.39 Å². The summed E-state index contributed by atoms with van der Waals surface area (Å²) in [4.78, 5) is 35.8. The van der Waals surface area contributed by atoms with Gasteiger partial charge in [-0.25, -0.2) is 9.97 Å². The molecular formula is C26H20ClN5O2. The number of amides is 1. The second-order valence-corrected chi connectivity index (χ2v) is 8.29. The minimum Gasteiger partial charge on any atom is -0.383 e. The third-order valence-electron chi connectivity index (χ3n) is 5.68. The predicted octanol–water partition coefficient (Wildman–Crippen LogP) is 4.66. The van der Waals surface area contributed by atoms with Gasteiger partial charge in [0.15, 0.2) is 0 Å². The molecule has 0 bridgehead atoms. The first kappa shape index (κ1) is 21.6. The molecule has 7 nitrogen and oxygen atoms in total. The molecule has 2 heterocycles. The molecule has 1 unspecified atom stereocenters. The Morgan fingerprint density at radius 3 is 2.56 bits per heavy atom. The Hall–Kier alpha value is -4.23. The van der Waals surface area contributed by atoms with Gasteiger partial charge in [-0.2, -0.15) is 0 Å². The molecule has 0 spiro atoms. The summed E-state index contributed by atoms with van der Waals surface area (Å²) in [7, 11) is 0. The smallest absolute Gasteiger partial charge is 0.267 e. The molecule has 0 fully saturated rings. The molecule has 3 aromatic carbocycles. The van der Waals surface area contributed by atoms with Crippen molar-refractivity contribution in [3.63, 3.8) is 0 Å². The normalized spacial score (nSPS) is 12.1. The molecule has 1 amide bonds. The number of rotatable bonds is 4. The van der Waals surface area contributed by atoms with Crippen molar-refractivity contribution in [1.82, 2.24) is 19.9 Å². The van der Waals surface area contributed by atoms with E-state index >= 15 is 0 Å². The lowest BCUT2D eigenvalue weighted by atomic mass is 10.1. The van der Waals surface area contributed by atoms with Gasteiger partial charge in [-0.3, -0.25) is 14.2 Å². The number of carbonyl (C=O) groups is 1. The van der Waals surface area contributed by atoms with Gasteiger partial charge in [0.05, 0.1) is 33.2 Å². The van der Waals surface area contributed by atoms with Crippen molar-refractivity contribution in [1.29, 1.82) is 0 Å². The highest BCUT2D eigenvalue weighted by atomic mass is 35.5. The van der Waals surface area contributed by atoms with Crippen molar-refractivity contribution in [2.45, 2.75) is 13.0 Å². The number of halogens is 1. The van der Waals surface area contributed by atoms with Gasteiger partial charge in [0.1, 0.15) is 11.6 Å². The maximum Gasteiger partial charge on any atom is 0.267 e. The van der Waals surface area contributed by atoms with Crippen LogP contribution in [0, 0.1) is 0 Å². The third kappa shape index (κ3) is 3.66. The van der Waals surface area contributed by atoms with Crippen LogP contribution in [-0.4, -0.2) is 20.4 Å². The minimum atomic E-state index is -0.637. The standard InChI is InChI=1S/C26H20ClN5O2/c1-15(30-25(33)21-18-11-6-5-8-16(18)14-29-23(21)28)24-31-20-13-7-12-19(27)22(20)26(34)32(24)17-9-3-2-4-10-17/h2-15H,1H3,(H2,28,29)(H,30,33). The van der Waals surface area contributed by atoms with Crippen LogP contribution in [0.2, 0.25) is 5.02 Å². The van der Waals surface area contributed by atoms with Gasteiger partial charge in [0.2, 0.25) is 0 Å². The Morgan fingerprint density at radius 1 is 1.03 bits per heavy atom. The van der Waals surface area contributed by atoms with Crippen LogP contribution in [0.15, 0.2) is 83.8 Å². The number of anilines is 1. The number of nitrogens with two attached hydrogens (primary N) is 1. The molecule has 0 radical (unpaired) electrons. The number of fused-ring (bicyclic) bond motifs is 2. The molecule has 5 aromatic rings. The van der Waals surface area contributed by atoms with E-state index < -0.39 is 11.9 Å². The lowest BCUT2D eigenvalue weighted by Gasteiger charge is -2.20. The molecule has 34 heavy (non-hydrogen) atoms. The van der Waals surface area contributed by atoms with Gasteiger partial charge in [-0.15, -0.1) is 0 Å². The van der Waals surface area contributed by atoms with Gasteiger partial charge < -0.3 is 11.1 Å². The topological polar surface area (TPSA) is 103 Å². The van der Waals surface area contributed by atoms with E-state index in [1.807, 2.05) is 42.5 Å². The van der Waals surface area contributed by atoms with Crippen molar-refractivity contribution >= 4 is 45.0 Å². The van der Waals surface area contributed by atoms with E-state index in [1.165, 1.54) is 4.57 Å². The number of hydrogen-bond donors (Lipinski definition) is 2. The van der Waals surface area contributed by atoms with Crippen LogP contribution in [0.4, 0.5) is 5.82 Å². The molecule has 0 aliphatic rings. The molecule has 1 atom stereocenters. The van der Waals surface area contributed by atoms with Crippen molar-refractivity contribution in [3.05, 3.63) is 106 Å². The zero-order valence-electron chi connectivity index (χ0n) is 18.2. The number of nitrogens with zero attached hydrogens (tertiary/aromatic N) is 3. The molecule has 168 valence electrons. The maximum absolute atomic E-state index is 13.6. The Morgan fingerprint density at radius 2 is 1.76 bits per heavy atom. The number of para-hydroxylation sites is 1. The first-order valence-corrected chi connectivity index (χ1v) is 11.0. The quantitative estimate of drug-likeness (QED) is 0.398. The monoisotopic (exact) mass is 469 g/mol. The number of pyridine rings is 1. The van der Waals surface area contributed by atoms with Crippen LogP contribution < -0.4 is 16.6 Å². The fourth-order valence-electron chi connectivity index (χ4n) is 4.07. The number of benzene rings is 3. The summed E-state index contributed by atoms with van der Waals surface area (Å²) in [5.74, 6) is 0.0857. The van der Waals surface area contributed by atoms with E-state index in [9.17, 15) is 9.59 Å². The van der Waals surface area contributed by atoms with Crippen molar-refractivity contribution < 1.29 is 4.79 Å². The Kier molecular flexibility index (Phi) is 5.47. The van der Waals surface area contributed by atoms with Gasteiger partial charge in [0, 0.05) is 11.6 Å². The Bertz CT molecular complexity index is 1620. The summed E-state index contributed by atoms with van der Waals surface area (Å²) in [6.45, 7) is 1.77. The summed E-state index contributed by atoms with van der Waals surface area (Å²) in [5.41, 5.74) is 7.11. The molecule has 5 rings (SSSR count). The number of aromatic nitrogens is 3.